The molecule has 1 aromatic heterocycles. The van der Waals surface area contributed by atoms with E-state index in [1.807, 2.05) is 0 Å². The first kappa shape index (κ1) is 11.0. The Hall–Kier alpha value is -1.08. The quantitative estimate of drug-likeness (QED) is 0.690. The van der Waals surface area contributed by atoms with Crippen molar-refractivity contribution in [3.8, 4) is 0 Å². The summed E-state index contributed by atoms with van der Waals surface area (Å²) >= 11 is 0. The summed E-state index contributed by atoms with van der Waals surface area (Å²) in [7, 11) is 0.122. The number of nitrogens with zero attached hydrogens (tertiary/aromatic N) is 2. The van der Waals surface area contributed by atoms with E-state index in [-0.39, 0.29) is 5.75 Å². The lowest BCUT2D eigenvalue weighted by Gasteiger charge is -2.07. The molecule has 1 aromatic rings. The minimum atomic E-state index is -3.26. The summed E-state index contributed by atoms with van der Waals surface area (Å²) in [4.78, 5) is 0. The van der Waals surface area contributed by atoms with E-state index in [4.69, 9.17) is 0 Å². The molecule has 0 aliphatic rings. The predicted molar refractivity (Wildman–Crippen MR) is 54.5 cm³/mol. The van der Waals surface area contributed by atoms with Crippen LogP contribution in [0.3, 0.4) is 0 Å². The Morgan fingerprint density at radius 1 is 1.57 bits per heavy atom. The van der Waals surface area contributed by atoms with Gasteiger partial charge in [0, 0.05) is 19.7 Å². The second-order valence-corrected chi connectivity index (χ2v) is 4.71. The van der Waals surface area contributed by atoms with Gasteiger partial charge in [0.05, 0.1) is 11.9 Å². The zero-order chi connectivity index (χ0) is 10.6. The Kier molecular flexibility index (Phi) is 3.48. The third-order valence-corrected chi connectivity index (χ3v) is 2.96. The first-order chi connectivity index (χ1) is 6.55. The second-order valence-electron chi connectivity index (χ2n) is 2.86. The van der Waals surface area contributed by atoms with Crippen molar-refractivity contribution in [1.29, 1.82) is 0 Å². The standard InChI is InChI=1S/C7H14N4O2S/c1-8-5-6-14(12,13)10-7-3-4-9-11(7)2/h3-4,8,10H,5-6H2,1-2H3. The number of anilines is 1. The molecule has 0 spiro atoms. The van der Waals surface area contributed by atoms with Gasteiger partial charge in [0.1, 0.15) is 5.82 Å². The van der Waals surface area contributed by atoms with Gasteiger partial charge in [0.25, 0.3) is 0 Å². The van der Waals surface area contributed by atoms with Gasteiger partial charge >= 0.3 is 0 Å². The topological polar surface area (TPSA) is 76.0 Å². The molecule has 1 heterocycles. The fourth-order valence-electron chi connectivity index (χ4n) is 0.921. The SMILES string of the molecule is CNCCS(=O)(=O)Nc1ccnn1C. The number of aromatic nitrogens is 2. The van der Waals surface area contributed by atoms with Crippen molar-refractivity contribution in [3.63, 3.8) is 0 Å². The molecule has 0 aromatic carbocycles. The molecule has 0 saturated heterocycles. The van der Waals surface area contributed by atoms with Crippen LogP contribution in [0.5, 0.6) is 0 Å². The van der Waals surface area contributed by atoms with Gasteiger partial charge in [0.15, 0.2) is 0 Å². The Morgan fingerprint density at radius 3 is 2.79 bits per heavy atom. The van der Waals surface area contributed by atoms with Crippen LogP contribution in [0, 0.1) is 0 Å². The maximum atomic E-state index is 11.4. The number of aryl methyl sites for hydroxylation is 1. The average molecular weight is 218 g/mol. The molecule has 0 saturated carbocycles. The van der Waals surface area contributed by atoms with Gasteiger partial charge in [-0.3, -0.25) is 9.40 Å². The van der Waals surface area contributed by atoms with E-state index < -0.39 is 10.0 Å². The van der Waals surface area contributed by atoms with Crippen molar-refractivity contribution in [1.82, 2.24) is 15.1 Å². The normalized spacial score (nSPS) is 11.6. The molecular formula is C7H14N4O2S. The fraction of sp³-hybridized carbons (Fsp3) is 0.571. The molecule has 0 atom stereocenters. The Morgan fingerprint density at radius 2 is 2.29 bits per heavy atom. The molecule has 0 amide bonds. The van der Waals surface area contributed by atoms with Crippen LogP contribution in [-0.2, 0) is 17.1 Å². The van der Waals surface area contributed by atoms with Gasteiger partial charge in [-0.25, -0.2) is 8.42 Å². The maximum absolute atomic E-state index is 11.4. The van der Waals surface area contributed by atoms with E-state index >= 15 is 0 Å². The molecule has 14 heavy (non-hydrogen) atoms. The average Bonchev–Trinajstić information content (AvgIpc) is 2.48. The largest absolute Gasteiger partial charge is 0.319 e. The molecule has 0 fully saturated rings. The number of hydrogen-bond acceptors (Lipinski definition) is 4. The Bertz CT molecular complexity index is 384. The lowest BCUT2D eigenvalue weighted by atomic mass is 10.7. The highest BCUT2D eigenvalue weighted by Gasteiger charge is 2.10. The van der Waals surface area contributed by atoms with Crippen LogP contribution in [0.4, 0.5) is 5.82 Å². The van der Waals surface area contributed by atoms with Crippen molar-refractivity contribution >= 4 is 15.8 Å². The van der Waals surface area contributed by atoms with E-state index in [1.165, 1.54) is 10.9 Å². The van der Waals surface area contributed by atoms with Gasteiger partial charge in [-0.05, 0) is 7.05 Å². The van der Waals surface area contributed by atoms with Crippen LogP contribution >= 0.6 is 0 Å². The molecule has 7 heteroatoms. The smallest absolute Gasteiger partial charge is 0.235 e. The van der Waals surface area contributed by atoms with Crippen molar-refractivity contribution in [2.45, 2.75) is 0 Å². The number of nitrogens with one attached hydrogen (secondary N) is 2. The molecule has 2 N–H and O–H groups in total. The van der Waals surface area contributed by atoms with Gasteiger partial charge in [-0.15, -0.1) is 0 Å². The Balaban J connectivity index is 2.64. The van der Waals surface area contributed by atoms with Crippen molar-refractivity contribution in [2.75, 3.05) is 24.1 Å². The molecule has 0 aliphatic heterocycles. The van der Waals surface area contributed by atoms with Crippen LogP contribution in [0.2, 0.25) is 0 Å². The summed E-state index contributed by atoms with van der Waals surface area (Å²) < 4.78 is 26.7. The van der Waals surface area contributed by atoms with Crippen molar-refractivity contribution in [2.24, 2.45) is 7.05 Å². The van der Waals surface area contributed by atoms with Crippen LogP contribution in [0.1, 0.15) is 0 Å². The molecule has 0 bridgehead atoms. The molecule has 0 unspecified atom stereocenters. The highest BCUT2D eigenvalue weighted by atomic mass is 32.2. The van der Waals surface area contributed by atoms with Crippen molar-refractivity contribution in [3.05, 3.63) is 12.3 Å². The molecule has 1 rings (SSSR count). The third-order valence-electron chi connectivity index (χ3n) is 1.70. The molecule has 0 radical (unpaired) electrons. The van der Waals surface area contributed by atoms with Gasteiger partial charge in [-0.1, -0.05) is 0 Å². The summed E-state index contributed by atoms with van der Waals surface area (Å²) in [6, 6.07) is 1.61. The van der Waals surface area contributed by atoms with E-state index in [0.29, 0.717) is 12.4 Å². The number of hydrogen-bond donors (Lipinski definition) is 2. The van der Waals surface area contributed by atoms with Crippen molar-refractivity contribution < 1.29 is 8.42 Å². The van der Waals surface area contributed by atoms with Gasteiger partial charge < -0.3 is 5.32 Å². The molecular weight excluding hydrogens is 204 g/mol. The lowest BCUT2D eigenvalue weighted by Crippen LogP contribution is -2.25. The number of sulfonamides is 1. The van der Waals surface area contributed by atoms with Gasteiger partial charge in [0.2, 0.25) is 10.0 Å². The summed E-state index contributed by atoms with van der Waals surface area (Å²) in [5.74, 6) is 0.524. The molecule has 0 aliphatic carbocycles. The molecule has 80 valence electrons. The second kappa shape index (κ2) is 4.43. The fourth-order valence-corrected chi connectivity index (χ4v) is 2.01. The summed E-state index contributed by atoms with van der Waals surface area (Å²) in [5.41, 5.74) is 0. The predicted octanol–water partition coefficient (Wildman–Crippen LogP) is -0.619. The Labute approximate surface area is 83.4 Å². The van der Waals surface area contributed by atoms with Crippen LogP contribution in [0.25, 0.3) is 0 Å². The summed E-state index contributed by atoms with van der Waals surface area (Å²) in [5, 5.41) is 6.63. The van der Waals surface area contributed by atoms with Crippen LogP contribution in [0.15, 0.2) is 12.3 Å². The van der Waals surface area contributed by atoms with E-state index in [1.54, 1.807) is 20.2 Å². The van der Waals surface area contributed by atoms with Gasteiger partial charge in [-0.2, -0.15) is 5.10 Å². The summed E-state index contributed by atoms with van der Waals surface area (Å²) in [6.45, 7) is 0.424. The van der Waals surface area contributed by atoms with Crippen LogP contribution < -0.4 is 10.0 Å². The maximum Gasteiger partial charge on any atom is 0.235 e. The lowest BCUT2D eigenvalue weighted by molar-refractivity contribution is 0.598. The highest BCUT2D eigenvalue weighted by Crippen LogP contribution is 2.05. The monoisotopic (exact) mass is 218 g/mol. The highest BCUT2D eigenvalue weighted by molar-refractivity contribution is 7.92. The molecule has 6 nitrogen and oxygen atoms in total. The number of rotatable bonds is 5. The summed E-state index contributed by atoms with van der Waals surface area (Å²) in [6.07, 6.45) is 1.54. The van der Waals surface area contributed by atoms with Crippen LogP contribution in [-0.4, -0.2) is 37.5 Å². The van der Waals surface area contributed by atoms with E-state index in [9.17, 15) is 8.42 Å². The minimum Gasteiger partial charge on any atom is -0.319 e. The first-order valence-corrected chi connectivity index (χ1v) is 5.83. The van der Waals surface area contributed by atoms with E-state index in [0.717, 1.165) is 0 Å². The first-order valence-electron chi connectivity index (χ1n) is 4.18. The zero-order valence-electron chi connectivity index (χ0n) is 8.19. The minimum absolute atomic E-state index is 0.0503. The zero-order valence-corrected chi connectivity index (χ0v) is 9.00. The third kappa shape index (κ3) is 3.00. The van der Waals surface area contributed by atoms with E-state index in [2.05, 4.69) is 15.1 Å².